The van der Waals surface area contributed by atoms with E-state index in [1.54, 1.807) is 18.2 Å². The highest BCUT2D eigenvalue weighted by Gasteiger charge is 2.31. The Labute approximate surface area is 132 Å². The molecule has 3 N–H and O–H groups in total. The van der Waals surface area contributed by atoms with Crippen LogP contribution in [0.2, 0.25) is 0 Å². The molecule has 0 radical (unpaired) electrons. The highest BCUT2D eigenvalue weighted by molar-refractivity contribution is 6.17. The van der Waals surface area contributed by atoms with Gasteiger partial charge in [0, 0.05) is 18.7 Å². The molecule has 2 rings (SSSR count). The lowest BCUT2D eigenvalue weighted by Gasteiger charge is -2.15. The maximum atomic E-state index is 12.1. The van der Waals surface area contributed by atoms with Gasteiger partial charge in [-0.1, -0.05) is 0 Å². The fraction of sp³-hybridized carbons (Fsp3) is 0.267. The molecule has 0 atom stereocenters. The summed E-state index contributed by atoms with van der Waals surface area (Å²) in [4.78, 5) is 35.9. The first kappa shape index (κ1) is 16.5. The van der Waals surface area contributed by atoms with Crippen LogP contribution in [0.25, 0.3) is 0 Å². The predicted molar refractivity (Wildman–Crippen MR) is 82.8 cm³/mol. The van der Waals surface area contributed by atoms with Gasteiger partial charge in [0.2, 0.25) is 5.91 Å². The van der Waals surface area contributed by atoms with Gasteiger partial charge in [-0.15, -0.1) is 0 Å². The van der Waals surface area contributed by atoms with Gasteiger partial charge in [0.15, 0.2) is 0 Å². The number of amides is 3. The summed E-state index contributed by atoms with van der Waals surface area (Å²) in [5.74, 6) is -0.818. The zero-order valence-electron chi connectivity index (χ0n) is 12.8. The van der Waals surface area contributed by atoms with Crippen LogP contribution < -0.4 is 15.4 Å². The molecule has 0 spiro atoms. The average Bonchev–Trinajstić information content (AvgIpc) is 2.75. The molecule has 1 aliphatic rings. The van der Waals surface area contributed by atoms with Crippen molar-refractivity contribution in [1.82, 2.24) is 4.90 Å². The SMILES string of the molecule is COc1ccc(NC(C)=O)cc1NC1=CC(=O)N(CCO)C1=O. The number of β-amino-alcohol motifs (C(OH)–C–C–N with tert-alkyl or cyclic N) is 1. The molecule has 1 aromatic carbocycles. The minimum absolute atomic E-state index is 0.0671. The van der Waals surface area contributed by atoms with Gasteiger partial charge in [-0.25, -0.2) is 0 Å². The fourth-order valence-corrected chi connectivity index (χ4v) is 2.14. The van der Waals surface area contributed by atoms with Crippen LogP contribution in [0.3, 0.4) is 0 Å². The molecule has 0 saturated heterocycles. The predicted octanol–water partition coefficient (Wildman–Crippen LogP) is 0.310. The third kappa shape index (κ3) is 3.67. The number of hydrogen-bond donors (Lipinski definition) is 3. The molecule has 1 aromatic rings. The van der Waals surface area contributed by atoms with E-state index in [9.17, 15) is 14.4 Å². The average molecular weight is 319 g/mol. The summed E-state index contributed by atoms with van der Waals surface area (Å²) in [6.07, 6.45) is 1.16. The molecular weight excluding hydrogens is 302 g/mol. The second-order valence-electron chi connectivity index (χ2n) is 4.80. The first-order valence-corrected chi connectivity index (χ1v) is 6.87. The summed E-state index contributed by atoms with van der Waals surface area (Å²) in [6.45, 7) is 1.01. The van der Waals surface area contributed by atoms with E-state index in [1.807, 2.05) is 0 Å². The first-order chi connectivity index (χ1) is 11.0. The van der Waals surface area contributed by atoms with Gasteiger partial charge in [-0.2, -0.15) is 0 Å². The van der Waals surface area contributed by atoms with Crippen LogP contribution in [0.4, 0.5) is 11.4 Å². The number of nitrogens with one attached hydrogen (secondary N) is 2. The molecular formula is C15H17N3O5. The van der Waals surface area contributed by atoms with E-state index in [0.717, 1.165) is 11.0 Å². The molecule has 0 fully saturated rings. The van der Waals surface area contributed by atoms with E-state index >= 15 is 0 Å². The maximum Gasteiger partial charge on any atom is 0.277 e. The van der Waals surface area contributed by atoms with Gasteiger partial charge < -0.3 is 20.5 Å². The minimum atomic E-state index is -0.531. The quantitative estimate of drug-likeness (QED) is 0.651. The number of aliphatic hydroxyl groups is 1. The Balaban J connectivity index is 2.25. The summed E-state index contributed by atoms with van der Waals surface area (Å²) >= 11 is 0. The molecule has 8 nitrogen and oxygen atoms in total. The van der Waals surface area contributed by atoms with Gasteiger partial charge in [-0.05, 0) is 18.2 Å². The van der Waals surface area contributed by atoms with Gasteiger partial charge in [0.05, 0.1) is 25.9 Å². The Morgan fingerprint density at radius 3 is 2.70 bits per heavy atom. The number of nitrogens with zero attached hydrogens (tertiary/aromatic N) is 1. The summed E-state index contributed by atoms with van der Waals surface area (Å²) in [6, 6.07) is 4.87. The Morgan fingerprint density at radius 1 is 1.35 bits per heavy atom. The van der Waals surface area contributed by atoms with Crippen molar-refractivity contribution in [1.29, 1.82) is 0 Å². The molecule has 122 valence electrons. The van der Waals surface area contributed by atoms with E-state index < -0.39 is 11.8 Å². The number of carbonyl (C=O) groups excluding carboxylic acids is 3. The summed E-state index contributed by atoms with van der Waals surface area (Å²) in [7, 11) is 1.46. The molecule has 8 heteroatoms. The third-order valence-corrected chi connectivity index (χ3v) is 3.12. The van der Waals surface area contributed by atoms with E-state index in [-0.39, 0.29) is 24.8 Å². The van der Waals surface area contributed by atoms with Crippen LogP contribution >= 0.6 is 0 Å². The van der Waals surface area contributed by atoms with Crippen LogP contribution in [0, 0.1) is 0 Å². The number of benzene rings is 1. The highest BCUT2D eigenvalue weighted by Crippen LogP contribution is 2.30. The number of rotatable bonds is 6. The first-order valence-electron chi connectivity index (χ1n) is 6.87. The zero-order chi connectivity index (χ0) is 17.0. The van der Waals surface area contributed by atoms with Crippen molar-refractivity contribution in [2.45, 2.75) is 6.92 Å². The second kappa shape index (κ2) is 6.93. The van der Waals surface area contributed by atoms with Crippen molar-refractivity contribution >= 4 is 29.1 Å². The molecule has 23 heavy (non-hydrogen) atoms. The van der Waals surface area contributed by atoms with E-state index in [4.69, 9.17) is 9.84 Å². The van der Waals surface area contributed by atoms with Crippen molar-refractivity contribution in [2.75, 3.05) is 30.9 Å². The number of methoxy groups -OCH3 is 1. The molecule has 1 aliphatic heterocycles. The highest BCUT2D eigenvalue weighted by atomic mass is 16.5. The van der Waals surface area contributed by atoms with Crippen LogP contribution in [0.15, 0.2) is 30.0 Å². The van der Waals surface area contributed by atoms with Gasteiger partial charge in [-0.3, -0.25) is 19.3 Å². The lowest BCUT2D eigenvalue weighted by atomic mass is 10.2. The molecule has 1 heterocycles. The second-order valence-corrected chi connectivity index (χ2v) is 4.80. The third-order valence-electron chi connectivity index (χ3n) is 3.12. The topological polar surface area (TPSA) is 108 Å². The maximum absolute atomic E-state index is 12.1. The molecule has 0 aliphatic carbocycles. The normalized spacial score (nSPS) is 13.9. The zero-order valence-corrected chi connectivity index (χ0v) is 12.8. The molecule has 0 unspecified atom stereocenters. The number of hydrogen-bond acceptors (Lipinski definition) is 6. The molecule has 0 bridgehead atoms. The number of anilines is 2. The summed E-state index contributed by atoms with van der Waals surface area (Å²) in [5, 5.41) is 14.3. The monoisotopic (exact) mass is 319 g/mol. The van der Waals surface area contributed by atoms with E-state index in [1.165, 1.54) is 14.0 Å². The van der Waals surface area contributed by atoms with Crippen molar-refractivity contribution in [3.05, 3.63) is 30.0 Å². The van der Waals surface area contributed by atoms with Crippen LogP contribution in [0.5, 0.6) is 5.75 Å². The smallest absolute Gasteiger partial charge is 0.277 e. The fourth-order valence-electron chi connectivity index (χ4n) is 2.14. The molecule has 3 amide bonds. The van der Waals surface area contributed by atoms with Crippen LogP contribution in [-0.4, -0.2) is 48.0 Å². The minimum Gasteiger partial charge on any atom is -0.495 e. The lowest BCUT2D eigenvalue weighted by Crippen LogP contribution is -2.34. The van der Waals surface area contributed by atoms with Gasteiger partial charge >= 0.3 is 0 Å². The molecule has 0 aromatic heterocycles. The number of imide groups is 1. The molecule has 0 saturated carbocycles. The number of ether oxygens (including phenoxy) is 1. The van der Waals surface area contributed by atoms with Crippen molar-refractivity contribution in [2.24, 2.45) is 0 Å². The van der Waals surface area contributed by atoms with Crippen molar-refractivity contribution < 1.29 is 24.2 Å². The van der Waals surface area contributed by atoms with Crippen LogP contribution in [-0.2, 0) is 14.4 Å². The summed E-state index contributed by atoms with van der Waals surface area (Å²) in [5.41, 5.74) is 1.02. The van der Waals surface area contributed by atoms with Gasteiger partial charge in [0.1, 0.15) is 11.4 Å². The van der Waals surface area contributed by atoms with E-state index in [0.29, 0.717) is 17.1 Å². The largest absolute Gasteiger partial charge is 0.495 e. The van der Waals surface area contributed by atoms with Crippen molar-refractivity contribution in [3.8, 4) is 5.75 Å². The Kier molecular flexibility index (Phi) is 4.97. The van der Waals surface area contributed by atoms with Crippen molar-refractivity contribution in [3.63, 3.8) is 0 Å². The van der Waals surface area contributed by atoms with E-state index in [2.05, 4.69) is 10.6 Å². The Morgan fingerprint density at radius 2 is 2.09 bits per heavy atom. The standard InChI is InChI=1S/C15H17N3O5/c1-9(20)16-10-3-4-13(23-2)11(7-10)17-12-8-14(21)18(5-6-19)15(12)22/h3-4,7-8,17,19H,5-6H2,1-2H3,(H,16,20). The van der Waals surface area contributed by atoms with Crippen LogP contribution in [0.1, 0.15) is 6.92 Å². The summed E-state index contributed by atoms with van der Waals surface area (Å²) < 4.78 is 5.20. The number of aliphatic hydroxyl groups excluding tert-OH is 1. The lowest BCUT2D eigenvalue weighted by molar-refractivity contribution is -0.137. The Hall–Kier alpha value is -2.87. The Bertz CT molecular complexity index is 684. The number of carbonyl (C=O) groups is 3. The van der Waals surface area contributed by atoms with Gasteiger partial charge in [0.25, 0.3) is 11.8 Å².